The van der Waals surface area contributed by atoms with Crippen molar-refractivity contribution in [1.82, 2.24) is 0 Å². The fourth-order valence-electron chi connectivity index (χ4n) is 2.56. The molecule has 0 bridgehead atoms. The maximum absolute atomic E-state index is 11.3. The summed E-state index contributed by atoms with van der Waals surface area (Å²) in [7, 11) is 0. The lowest BCUT2D eigenvalue weighted by atomic mass is 10.0. The molecule has 0 N–H and O–H groups in total. The van der Waals surface area contributed by atoms with Gasteiger partial charge in [0, 0.05) is 0 Å². The van der Waals surface area contributed by atoms with E-state index in [1.165, 1.54) is 25.7 Å². The zero-order valence-electron chi connectivity index (χ0n) is 7.64. The summed E-state index contributed by atoms with van der Waals surface area (Å²) in [5.41, 5.74) is 0.409. The third kappa shape index (κ3) is 1.13. The lowest BCUT2D eigenvalue weighted by Crippen LogP contribution is -2.11. The van der Waals surface area contributed by atoms with Gasteiger partial charge < -0.3 is 4.74 Å². The first-order chi connectivity index (χ1) is 5.78. The Morgan fingerprint density at radius 3 is 2.75 bits per heavy atom. The van der Waals surface area contributed by atoms with Crippen LogP contribution in [0.4, 0.5) is 0 Å². The maximum atomic E-state index is 11.3. The molecule has 2 rings (SSSR count). The molecule has 2 aliphatic carbocycles. The Kier molecular flexibility index (Phi) is 1.85. The molecule has 0 aliphatic heterocycles. The second kappa shape index (κ2) is 2.75. The van der Waals surface area contributed by atoms with Gasteiger partial charge in [0.15, 0.2) is 0 Å². The summed E-state index contributed by atoms with van der Waals surface area (Å²) in [6.45, 7) is 2.41. The zero-order chi connectivity index (χ0) is 8.60. The van der Waals surface area contributed by atoms with E-state index in [-0.39, 0.29) is 11.9 Å². The highest BCUT2D eigenvalue weighted by Gasteiger charge is 2.59. The number of rotatable bonds is 2. The van der Waals surface area contributed by atoms with Gasteiger partial charge in [0.1, 0.15) is 0 Å². The highest BCUT2D eigenvalue weighted by molar-refractivity contribution is 5.77. The molecule has 1 spiro atoms. The fraction of sp³-hybridized carbons (Fsp3) is 0.900. The number of hydrogen-bond donors (Lipinski definition) is 0. The number of carbonyl (C=O) groups is 1. The van der Waals surface area contributed by atoms with E-state index in [9.17, 15) is 4.79 Å². The van der Waals surface area contributed by atoms with Crippen molar-refractivity contribution in [3.63, 3.8) is 0 Å². The molecule has 1 unspecified atom stereocenters. The Balaban J connectivity index is 1.89. The molecule has 2 nitrogen and oxygen atoms in total. The van der Waals surface area contributed by atoms with Crippen LogP contribution in [0.3, 0.4) is 0 Å². The van der Waals surface area contributed by atoms with Crippen molar-refractivity contribution >= 4 is 5.97 Å². The largest absolute Gasteiger partial charge is 0.466 e. The second-order valence-corrected chi connectivity index (χ2v) is 4.08. The summed E-state index contributed by atoms with van der Waals surface area (Å²) in [4.78, 5) is 11.3. The Hall–Kier alpha value is -0.530. The minimum Gasteiger partial charge on any atom is -0.466 e. The van der Waals surface area contributed by atoms with E-state index in [2.05, 4.69) is 0 Å². The highest BCUT2D eigenvalue weighted by atomic mass is 16.5. The van der Waals surface area contributed by atoms with E-state index >= 15 is 0 Å². The topological polar surface area (TPSA) is 26.3 Å². The quantitative estimate of drug-likeness (QED) is 0.590. The SMILES string of the molecule is CCOC(=O)C1CC12CCCC2. The minimum absolute atomic E-state index is 0.0550. The number of hydrogen-bond acceptors (Lipinski definition) is 2. The number of carbonyl (C=O) groups excluding carboxylic acids is 1. The first-order valence-electron chi connectivity index (χ1n) is 4.95. The van der Waals surface area contributed by atoms with E-state index in [0.29, 0.717) is 12.0 Å². The molecule has 2 heteroatoms. The van der Waals surface area contributed by atoms with Crippen LogP contribution in [-0.2, 0) is 9.53 Å². The number of esters is 1. The van der Waals surface area contributed by atoms with E-state index in [1.54, 1.807) is 0 Å². The summed E-state index contributed by atoms with van der Waals surface area (Å²) < 4.78 is 5.01. The molecular formula is C10H16O2. The minimum atomic E-state index is 0.0550. The summed E-state index contributed by atoms with van der Waals surface area (Å²) in [5.74, 6) is 0.319. The summed E-state index contributed by atoms with van der Waals surface area (Å²) in [5, 5.41) is 0. The Morgan fingerprint density at radius 2 is 2.17 bits per heavy atom. The van der Waals surface area contributed by atoms with E-state index in [4.69, 9.17) is 4.74 Å². The Morgan fingerprint density at radius 1 is 1.50 bits per heavy atom. The molecule has 1 atom stereocenters. The lowest BCUT2D eigenvalue weighted by Gasteiger charge is -2.06. The molecule has 12 heavy (non-hydrogen) atoms. The monoisotopic (exact) mass is 168 g/mol. The highest BCUT2D eigenvalue weighted by Crippen LogP contribution is 2.63. The molecule has 0 aromatic heterocycles. The molecule has 2 fully saturated rings. The molecular weight excluding hydrogens is 152 g/mol. The Labute approximate surface area is 73.3 Å². The van der Waals surface area contributed by atoms with Gasteiger partial charge in [-0.25, -0.2) is 0 Å². The average Bonchev–Trinajstić information content (AvgIpc) is 2.51. The van der Waals surface area contributed by atoms with Gasteiger partial charge in [-0.1, -0.05) is 12.8 Å². The predicted octanol–water partition coefficient (Wildman–Crippen LogP) is 2.13. The van der Waals surface area contributed by atoms with E-state index < -0.39 is 0 Å². The van der Waals surface area contributed by atoms with Crippen LogP contribution in [0.25, 0.3) is 0 Å². The van der Waals surface area contributed by atoms with Crippen LogP contribution in [0.1, 0.15) is 39.0 Å². The van der Waals surface area contributed by atoms with Crippen molar-refractivity contribution < 1.29 is 9.53 Å². The van der Waals surface area contributed by atoms with Gasteiger partial charge in [-0.15, -0.1) is 0 Å². The predicted molar refractivity (Wildman–Crippen MR) is 45.6 cm³/mol. The van der Waals surface area contributed by atoms with Crippen molar-refractivity contribution in [3.05, 3.63) is 0 Å². The van der Waals surface area contributed by atoms with Crippen molar-refractivity contribution in [3.8, 4) is 0 Å². The normalized spacial score (nSPS) is 30.6. The molecule has 2 saturated carbocycles. The van der Waals surface area contributed by atoms with Crippen LogP contribution in [-0.4, -0.2) is 12.6 Å². The third-order valence-electron chi connectivity index (χ3n) is 3.36. The smallest absolute Gasteiger partial charge is 0.309 e. The average molecular weight is 168 g/mol. The Bertz CT molecular complexity index is 192. The maximum Gasteiger partial charge on any atom is 0.309 e. The molecule has 0 aromatic carbocycles. The zero-order valence-corrected chi connectivity index (χ0v) is 7.64. The van der Waals surface area contributed by atoms with Crippen molar-refractivity contribution in [2.45, 2.75) is 39.0 Å². The van der Waals surface area contributed by atoms with Crippen LogP contribution >= 0.6 is 0 Å². The van der Waals surface area contributed by atoms with Gasteiger partial charge in [-0.3, -0.25) is 4.79 Å². The lowest BCUT2D eigenvalue weighted by molar-refractivity contribution is -0.145. The van der Waals surface area contributed by atoms with E-state index in [1.807, 2.05) is 6.92 Å². The molecule has 0 amide bonds. The van der Waals surface area contributed by atoms with Crippen molar-refractivity contribution in [1.29, 1.82) is 0 Å². The first-order valence-corrected chi connectivity index (χ1v) is 4.95. The molecule has 0 heterocycles. The van der Waals surface area contributed by atoms with Crippen LogP contribution < -0.4 is 0 Å². The fourth-order valence-corrected chi connectivity index (χ4v) is 2.56. The third-order valence-corrected chi connectivity index (χ3v) is 3.36. The summed E-state index contributed by atoms with van der Waals surface area (Å²) in [6.07, 6.45) is 6.25. The van der Waals surface area contributed by atoms with Crippen LogP contribution in [0.5, 0.6) is 0 Å². The van der Waals surface area contributed by atoms with Gasteiger partial charge in [-0.2, -0.15) is 0 Å². The molecule has 2 aliphatic rings. The van der Waals surface area contributed by atoms with Gasteiger partial charge in [-0.05, 0) is 31.6 Å². The molecule has 68 valence electrons. The first kappa shape index (κ1) is 8.09. The standard InChI is InChI=1S/C10H16O2/c1-2-12-9(11)8-7-10(8)5-3-4-6-10/h8H,2-7H2,1H3. The van der Waals surface area contributed by atoms with Crippen molar-refractivity contribution in [2.24, 2.45) is 11.3 Å². The molecule has 0 saturated heterocycles. The summed E-state index contributed by atoms with van der Waals surface area (Å²) in [6, 6.07) is 0. The van der Waals surface area contributed by atoms with Crippen LogP contribution in [0.15, 0.2) is 0 Å². The van der Waals surface area contributed by atoms with Gasteiger partial charge in [0.2, 0.25) is 0 Å². The van der Waals surface area contributed by atoms with Gasteiger partial charge in [0.05, 0.1) is 12.5 Å². The van der Waals surface area contributed by atoms with Crippen LogP contribution in [0, 0.1) is 11.3 Å². The molecule has 0 aromatic rings. The molecule has 0 radical (unpaired) electrons. The van der Waals surface area contributed by atoms with Crippen molar-refractivity contribution in [2.75, 3.05) is 6.61 Å². The van der Waals surface area contributed by atoms with Gasteiger partial charge in [0.25, 0.3) is 0 Å². The van der Waals surface area contributed by atoms with E-state index in [0.717, 1.165) is 6.42 Å². The van der Waals surface area contributed by atoms with Gasteiger partial charge >= 0.3 is 5.97 Å². The second-order valence-electron chi connectivity index (χ2n) is 4.08. The summed E-state index contributed by atoms with van der Waals surface area (Å²) >= 11 is 0. The van der Waals surface area contributed by atoms with Crippen LogP contribution in [0.2, 0.25) is 0 Å². The number of ether oxygens (including phenoxy) is 1.